The molecule has 4 heteroatoms. The Balaban J connectivity index is 3.06. The SMILES string of the molecule is CCOc1cccc(N)c1C(=O)CCCl. The van der Waals surface area contributed by atoms with Crippen LogP contribution >= 0.6 is 11.6 Å². The third-order valence-electron chi connectivity index (χ3n) is 1.96. The fourth-order valence-corrected chi connectivity index (χ4v) is 1.50. The number of benzene rings is 1. The molecule has 0 saturated heterocycles. The van der Waals surface area contributed by atoms with Crippen molar-refractivity contribution in [1.82, 2.24) is 0 Å². The van der Waals surface area contributed by atoms with E-state index in [9.17, 15) is 4.79 Å². The number of nitrogens with two attached hydrogens (primary N) is 1. The summed E-state index contributed by atoms with van der Waals surface area (Å²) >= 11 is 5.53. The van der Waals surface area contributed by atoms with E-state index in [0.29, 0.717) is 29.5 Å². The second-order valence-corrected chi connectivity index (χ2v) is 3.39. The molecule has 0 atom stereocenters. The predicted molar refractivity (Wildman–Crippen MR) is 61.7 cm³/mol. The van der Waals surface area contributed by atoms with Crippen LogP contribution in [-0.2, 0) is 0 Å². The molecule has 0 bridgehead atoms. The van der Waals surface area contributed by atoms with Gasteiger partial charge in [-0.25, -0.2) is 0 Å². The zero-order valence-electron chi connectivity index (χ0n) is 8.63. The first-order valence-corrected chi connectivity index (χ1v) is 5.34. The molecule has 0 aromatic heterocycles. The van der Waals surface area contributed by atoms with E-state index >= 15 is 0 Å². The normalized spacial score (nSPS) is 10.0. The molecule has 0 amide bonds. The fourth-order valence-electron chi connectivity index (χ4n) is 1.33. The minimum atomic E-state index is -0.0773. The van der Waals surface area contributed by atoms with E-state index in [4.69, 9.17) is 22.1 Å². The Hall–Kier alpha value is -1.22. The summed E-state index contributed by atoms with van der Waals surface area (Å²) in [7, 11) is 0. The highest BCUT2D eigenvalue weighted by molar-refractivity contribution is 6.20. The maximum absolute atomic E-state index is 11.7. The minimum absolute atomic E-state index is 0.0773. The lowest BCUT2D eigenvalue weighted by Crippen LogP contribution is -2.08. The highest BCUT2D eigenvalue weighted by Crippen LogP contribution is 2.25. The second kappa shape index (κ2) is 5.61. The summed E-state index contributed by atoms with van der Waals surface area (Å²) in [4.78, 5) is 11.7. The standard InChI is InChI=1S/C11H14ClNO2/c1-2-15-10-5-3-4-8(13)11(10)9(14)6-7-12/h3-5H,2,6-7,13H2,1H3. The van der Waals surface area contributed by atoms with Crippen LogP contribution in [0.4, 0.5) is 5.69 Å². The van der Waals surface area contributed by atoms with Gasteiger partial charge in [0.25, 0.3) is 0 Å². The van der Waals surface area contributed by atoms with Gasteiger partial charge >= 0.3 is 0 Å². The lowest BCUT2D eigenvalue weighted by Gasteiger charge is -2.10. The molecule has 1 rings (SSSR count). The zero-order valence-corrected chi connectivity index (χ0v) is 9.38. The summed E-state index contributed by atoms with van der Waals surface area (Å²) in [6.07, 6.45) is 0.274. The van der Waals surface area contributed by atoms with Crippen molar-refractivity contribution in [3.8, 4) is 5.75 Å². The quantitative estimate of drug-likeness (QED) is 0.478. The molecule has 0 radical (unpaired) electrons. The molecule has 15 heavy (non-hydrogen) atoms. The van der Waals surface area contributed by atoms with Gasteiger partial charge in [-0.1, -0.05) is 6.07 Å². The van der Waals surface area contributed by atoms with Crippen LogP contribution in [0.3, 0.4) is 0 Å². The van der Waals surface area contributed by atoms with Gasteiger partial charge in [-0.15, -0.1) is 11.6 Å². The van der Waals surface area contributed by atoms with Gasteiger partial charge < -0.3 is 10.5 Å². The van der Waals surface area contributed by atoms with Gasteiger partial charge in [0.15, 0.2) is 5.78 Å². The number of alkyl halides is 1. The maximum atomic E-state index is 11.7. The molecule has 0 saturated carbocycles. The first-order chi connectivity index (χ1) is 7.20. The predicted octanol–water partition coefficient (Wildman–Crippen LogP) is 2.48. The van der Waals surface area contributed by atoms with Crippen molar-refractivity contribution in [3.05, 3.63) is 23.8 Å². The van der Waals surface area contributed by atoms with Crippen molar-refractivity contribution in [3.63, 3.8) is 0 Å². The van der Waals surface area contributed by atoms with Gasteiger partial charge in [0.2, 0.25) is 0 Å². The van der Waals surface area contributed by atoms with Crippen LogP contribution in [-0.4, -0.2) is 18.3 Å². The smallest absolute Gasteiger partial charge is 0.169 e. The molecular weight excluding hydrogens is 214 g/mol. The maximum Gasteiger partial charge on any atom is 0.169 e. The Morgan fingerprint density at radius 1 is 1.53 bits per heavy atom. The zero-order chi connectivity index (χ0) is 11.3. The van der Waals surface area contributed by atoms with Gasteiger partial charge in [0, 0.05) is 18.0 Å². The summed E-state index contributed by atoms with van der Waals surface area (Å²) in [6.45, 7) is 2.36. The summed E-state index contributed by atoms with van der Waals surface area (Å²) in [5.74, 6) is 0.748. The van der Waals surface area contributed by atoms with Crippen LogP contribution in [0.2, 0.25) is 0 Å². The topological polar surface area (TPSA) is 52.3 Å². The number of carbonyl (C=O) groups is 1. The lowest BCUT2D eigenvalue weighted by atomic mass is 10.1. The van der Waals surface area contributed by atoms with Crippen molar-refractivity contribution < 1.29 is 9.53 Å². The number of hydrogen-bond donors (Lipinski definition) is 1. The molecular formula is C11H14ClNO2. The lowest BCUT2D eigenvalue weighted by molar-refractivity contribution is 0.0986. The Labute approximate surface area is 94.2 Å². The molecule has 0 heterocycles. The van der Waals surface area contributed by atoms with Gasteiger partial charge in [0.05, 0.1) is 12.2 Å². The average Bonchev–Trinajstić information content (AvgIpc) is 2.18. The van der Waals surface area contributed by atoms with E-state index in [2.05, 4.69) is 0 Å². The van der Waals surface area contributed by atoms with Crippen LogP contribution < -0.4 is 10.5 Å². The van der Waals surface area contributed by atoms with Crippen LogP contribution in [0.1, 0.15) is 23.7 Å². The highest BCUT2D eigenvalue weighted by Gasteiger charge is 2.14. The summed E-state index contributed by atoms with van der Waals surface area (Å²) < 4.78 is 5.34. The van der Waals surface area contributed by atoms with Crippen LogP contribution in [0.25, 0.3) is 0 Å². The number of ketones is 1. The Morgan fingerprint density at radius 2 is 2.27 bits per heavy atom. The molecule has 0 spiro atoms. The number of anilines is 1. The van der Waals surface area contributed by atoms with Crippen molar-refractivity contribution in [2.45, 2.75) is 13.3 Å². The fraction of sp³-hybridized carbons (Fsp3) is 0.364. The number of hydrogen-bond acceptors (Lipinski definition) is 3. The molecule has 1 aromatic carbocycles. The van der Waals surface area contributed by atoms with Gasteiger partial charge in [0.1, 0.15) is 5.75 Å². The molecule has 0 aliphatic heterocycles. The van der Waals surface area contributed by atoms with Gasteiger partial charge in [-0.2, -0.15) is 0 Å². The van der Waals surface area contributed by atoms with Crippen LogP contribution in [0, 0.1) is 0 Å². The van der Waals surface area contributed by atoms with Crippen molar-refractivity contribution in [2.75, 3.05) is 18.2 Å². The third-order valence-corrected chi connectivity index (χ3v) is 2.15. The number of nitrogen functional groups attached to an aromatic ring is 1. The number of ether oxygens (including phenoxy) is 1. The van der Waals surface area contributed by atoms with E-state index in [-0.39, 0.29) is 12.2 Å². The highest BCUT2D eigenvalue weighted by atomic mass is 35.5. The molecule has 0 fully saturated rings. The third kappa shape index (κ3) is 2.86. The monoisotopic (exact) mass is 227 g/mol. The molecule has 0 aliphatic rings. The van der Waals surface area contributed by atoms with Crippen molar-refractivity contribution in [1.29, 1.82) is 0 Å². The Morgan fingerprint density at radius 3 is 2.87 bits per heavy atom. The van der Waals surface area contributed by atoms with E-state index in [1.807, 2.05) is 6.92 Å². The molecule has 0 unspecified atom stereocenters. The minimum Gasteiger partial charge on any atom is -0.493 e. The number of Topliss-reactive ketones (excluding diaryl/α,β-unsaturated/α-hetero) is 1. The molecule has 2 N–H and O–H groups in total. The van der Waals surface area contributed by atoms with E-state index < -0.39 is 0 Å². The van der Waals surface area contributed by atoms with E-state index in [0.717, 1.165) is 0 Å². The second-order valence-electron chi connectivity index (χ2n) is 3.02. The van der Waals surface area contributed by atoms with E-state index in [1.165, 1.54) is 0 Å². The largest absolute Gasteiger partial charge is 0.493 e. The van der Waals surface area contributed by atoms with Crippen molar-refractivity contribution in [2.24, 2.45) is 0 Å². The van der Waals surface area contributed by atoms with Gasteiger partial charge in [-0.05, 0) is 19.1 Å². The van der Waals surface area contributed by atoms with Crippen LogP contribution in [0.5, 0.6) is 5.75 Å². The summed E-state index contributed by atoms with van der Waals surface area (Å²) in [5.41, 5.74) is 6.62. The molecule has 1 aromatic rings. The first-order valence-electron chi connectivity index (χ1n) is 4.81. The summed E-state index contributed by atoms with van der Waals surface area (Å²) in [5, 5.41) is 0. The molecule has 3 nitrogen and oxygen atoms in total. The van der Waals surface area contributed by atoms with Gasteiger partial charge in [-0.3, -0.25) is 4.79 Å². The molecule has 0 aliphatic carbocycles. The Kier molecular flexibility index (Phi) is 4.43. The first kappa shape index (κ1) is 11.9. The van der Waals surface area contributed by atoms with Crippen LogP contribution in [0.15, 0.2) is 18.2 Å². The Bertz CT molecular complexity index is 352. The van der Waals surface area contributed by atoms with Crippen molar-refractivity contribution >= 4 is 23.1 Å². The molecule has 82 valence electrons. The van der Waals surface area contributed by atoms with E-state index in [1.54, 1.807) is 18.2 Å². The summed E-state index contributed by atoms with van der Waals surface area (Å²) in [6, 6.07) is 5.18. The average molecular weight is 228 g/mol. The number of carbonyl (C=O) groups excluding carboxylic acids is 1. The number of rotatable bonds is 5. The number of halogens is 1.